The second-order valence-electron chi connectivity index (χ2n) is 2.19. The molecule has 0 fully saturated rings. The Hall–Kier alpha value is -0.500. The molecule has 78 valence electrons. The number of nitrogens with two attached hydrogens (primary N) is 1. The summed E-state index contributed by atoms with van der Waals surface area (Å²) in [5, 5.41) is -0.779. The number of halogens is 5. The summed E-state index contributed by atoms with van der Waals surface area (Å²) in [6, 6.07) is 0. The van der Waals surface area contributed by atoms with E-state index in [1.165, 1.54) is 0 Å². The molecule has 0 aromatic carbocycles. The van der Waals surface area contributed by atoms with Gasteiger partial charge in [-0.05, 0) is 15.9 Å². The Morgan fingerprint density at radius 1 is 1.43 bits per heavy atom. The van der Waals surface area contributed by atoms with Gasteiger partial charge in [0.05, 0.1) is 10.2 Å². The summed E-state index contributed by atoms with van der Waals surface area (Å²) in [4.78, 5) is 3.27. The molecule has 0 atom stereocenters. The molecule has 0 saturated heterocycles. The summed E-state index contributed by atoms with van der Waals surface area (Å²) in [7, 11) is 0. The maximum Gasteiger partial charge on any atom is 0.447 e. The van der Waals surface area contributed by atoms with Crippen molar-refractivity contribution < 1.29 is 17.6 Å². The van der Waals surface area contributed by atoms with Gasteiger partial charge in [0, 0.05) is 18.0 Å². The third-order valence-corrected chi connectivity index (χ3v) is 2.53. The van der Waals surface area contributed by atoms with Crippen LogP contribution in [-0.2, 0) is 0 Å². The highest BCUT2D eigenvalue weighted by molar-refractivity contribution is 9.10. The third-order valence-electron chi connectivity index (χ3n) is 1.19. The van der Waals surface area contributed by atoms with E-state index in [-0.39, 0.29) is 10.2 Å². The van der Waals surface area contributed by atoms with Crippen LogP contribution in [0.1, 0.15) is 0 Å². The number of alkyl halides is 3. The zero-order chi connectivity index (χ0) is 10.9. The van der Waals surface area contributed by atoms with Gasteiger partial charge in [-0.1, -0.05) is 0 Å². The van der Waals surface area contributed by atoms with Gasteiger partial charge in [-0.2, -0.15) is 13.2 Å². The average molecular weight is 291 g/mol. The number of rotatable bonds is 1. The summed E-state index contributed by atoms with van der Waals surface area (Å²) in [5.41, 5.74) is 0.201. The van der Waals surface area contributed by atoms with Crippen LogP contribution in [0.15, 0.2) is 15.7 Å². The Morgan fingerprint density at radius 2 is 2.00 bits per heavy atom. The SMILES string of the molecule is Nc1c(Br)cnc(SC(F)(F)F)c1F. The lowest BCUT2D eigenvalue weighted by Crippen LogP contribution is -2.04. The fourth-order valence-electron chi connectivity index (χ4n) is 0.642. The van der Waals surface area contributed by atoms with E-state index in [9.17, 15) is 17.6 Å². The van der Waals surface area contributed by atoms with E-state index in [1.807, 2.05) is 0 Å². The highest BCUT2D eigenvalue weighted by Crippen LogP contribution is 2.39. The largest absolute Gasteiger partial charge is 0.447 e. The molecule has 1 aromatic rings. The summed E-state index contributed by atoms with van der Waals surface area (Å²) >= 11 is 2.21. The van der Waals surface area contributed by atoms with Crippen molar-refractivity contribution in [2.24, 2.45) is 0 Å². The molecule has 0 unspecified atom stereocenters. The molecular formula is C6H3BrF4N2S. The molecule has 0 amide bonds. The molecule has 0 aliphatic carbocycles. The first-order chi connectivity index (χ1) is 6.31. The quantitative estimate of drug-likeness (QED) is 0.638. The number of anilines is 1. The smallest absolute Gasteiger partial charge is 0.395 e. The van der Waals surface area contributed by atoms with Gasteiger partial charge in [0.2, 0.25) is 0 Å². The Labute approximate surface area is 89.0 Å². The van der Waals surface area contributed by atoms with E-state index in [2.05, 4.69) is 20.9 Å². The molecule has 2 nitrogen and oxygen atoms in total. The van der Waals surface area contributed by atoms with Crippen LogP contribution in [0.5, 0.6) is 0 Å². The summed E-state index contributed by atoms with van der Waals surface area (Å²) in [5.74, 6) is -1.17. The molecule has 1 heterocycles. The fraction of sp³-hybridized carbons (Fsp3) is 0.167. The number of nitrogens with zero attached hydrogens (tertiary/aromatic N) is 1. The normalized spacial score (nSPS) is 11.8. The molecule has 8 heteroatoms. The van der Waals surface area contributed by atoms with E-state index >= 15 is 0 Å². The maximum absolute atomic E-state index is 13.1. The van der Waals surface area contributed by atoms with Crippen LogP contribution in [0, 0.1) is 5.82 Å². The van der Waals surface area contributed by atoms with Crippen molar-refractivity contribution in [3.63, 3.8) is 0 Å². The molecule has 2 N–H and O–H groups in total. The summed E-state index contributed by atoms with van der Waals surface area (Å²) < 4.78 is 48.8. The lowest BCUT2D eigenvalue weighted by atomic mass is 10.4. The number of aromatic nitrogens is 1. The molecule has 0 aliphatic heterocycles. The van der Waals surface area contributed by atoms with Crippen LogP contribution >= 0.6 is 27.7 Å². The van der Waals surface area contributed by atoms with E-state index in [1.54, 1.807) is 0 Å². The van der Waals surface area contributed by atoms with E-state index < -0.39 is 28.1 Å². The highest BCUT2D eigenvalue weighted by atomic mass is 79.9. The van der Waals surface area contributed by atoms with Gasteiger partial charge in [0.25, 0.3) is 0 Å². The van der Waals surface area contributed by atoms with E-state index in [4.69, 9.17) is 5.73 Å². The van der Waals surface area contributed by atoms with E-state index in [0.29, 0.717) is 0 Å². The van der Waals surface area contributed by atoms with Crippen molar-refractivity contribution in [1.29, 1.82) is 0 Å². The van der Waals surface area contributed by atoms with Crippen molar-refractivity contribution in [2.45, 2.75) is 10.5 Å². The number of nitrogen functional groups attached to an aromatic ring is 1. The number of pyridine rings is 1. The minimum atomic E-state index is -4.58. The van der Waals surface area contributed by atoms with Crippen molar-refractivity contribution >= 4 is 33.4 Å². The van der Waals surface area contributed by atoms with Crippen molar-refractivity contribution in [1.82, 2.24) is 4.98 Å². The molecule has 14 heavy (non-hydrogen) atoms. The van der Waals surface area contributed by atoms with Gasteiger partial charge < -0.3 is 5.73 Å². The molecule has 0 aliphatic rings. The zero-order valence-corrected chi connectivity index (χ0v) is 8.80. The predicted octanol–water partition coefficient (Wildman–Crippen LogP) is 3.18. The molecule has 0 bridgehead atoms. The molecule has 0 saturated carbocycles. The zero-order valence-electron chi connectivity index (χ0n) is 6.40. The Kier molecular flexibility index (Phi) is 3.25. The minimum Gasteiger partial charge on any atom is -0.395 e. The minimum absolute atomic E-state index is 0.126. The Bertz CT molecular complexity index is 354. The van der Waals surface area contributed by atoms with Crippen molar-refractivity contribution in [2.75, 3.05) is 5.73 Å². The fourth-order valence-corrected chi connectivity index (χ4v) is 1.44. The van der Waals surface area contributed by atoms with Gasteiger partial charge in [0.1, 0.15) is 5.03 Å². The van der Waals surface area contributed by atoms with Crippen LogP contribution in [-0.4, -0.2) is 10.5 Å². The molecular weight excluding hydrogens is 288 g/mol. The first-order valence-corrected chi connectivity index (χ1v) is 4.77. The van der Waals surface area contributed by atoms with Gasteiger partial charge >= 0.3 is 5.51 Å². The molecule has 1 rings (SSSR count). The van der Waals surface area contributed by atoms with Gasteiger partial charge in [-0.3, -0.25) is 0 Å². The molecule has 1 aromatic heterocycles. The second kappa shape index (κ2) is 3.93. The summed E-state index contributed by atoms with van der Waals surface area (Å²) in [6.45, 7) is 0. The molecule has 0 radical (unpaired) electrons. The summed E-state index contributed by atoms with van der Waals surface area (Å²) in [6.07, 6.45) is 1.02. The molecule has 0 spiro atoms. The lowest BCUT2D eigenvalue weighted by molar-refractivity contribution is -0.0330. The van der Waals surface area contributed by atoms with Gasteiger partial charge in [0.15, 0.2) is 5.82 Å². The van der Waals surface area contributed by atoms with Gasteiger partial charge in [-0.15, -0.1) is 0 Å². The lowest BCUT2D eigenvalue weighted by Gasteiger charge is -2.07. The topological polar surface area (TPSA) is 38.9 Å². The third kappa shape index (κ3) is 2.74. The maximum atomic E-state index is 13.1. The number of thioether (sulfide) groups is 1. The monoisotopic (exact) mass is 290 g/mol. The van der Waals surface area contributed by atoms with Gasteiger partial charge in [-0.25, -0.2) is 9.37 Å². The van der Waals surface area contributed by atoms with Crippen LogP contribution in [0.4, 0.5) is 23.2 Å². The van der Waals surface area contributed by atoms with Crippen LogP contribution < -0.4 is 5.73 Å². The van der Waals surface area contributed by atoms with Crippen molar-refractivity contribution in [3.8, 4) is 0 Å². The highest BCUT2D eigenvalue weighted by Gasteiger charge is 2.32. The number of hydrogen-bond acceptors (Lipinski definition) is 3. The van der Waals surface area contributed by atoms with Crippen LogP contribution in [0.3, 0.4) is 0 Å². The number of hydrogen-bond donors (Lipinski definition) is 1. The first kappa shape index (κ1) is 11.6. The standard InChI is InChI=1S/C6H3BrF4N2S/c7-2-1-13-5(3(8)4(2)12)14-6(9,10)11/h1H,(H2,12,13). The van der Waals surface area contributed by atoms with E-state index in [0.717, 1.165) is 6.20 Å². The Morgan fingerprint density at radius 3 is 2.50 bits per heavy atom. The predicted molar refractivity (Wildman–Crippen MR) is 48.2 cm³/mol. The second-order valence-corrected chi connectivity index (χ2v) is 4.09. The Balaban J connectivity index is 3.06. The average Bonchev–Trinajstić information content (AvgIpc) is 2.04. The van der Waals surface area contributed by atoms with Crippen molar-refractivity contribution in [3.05, 3.63) is 16.5 Å². The van der Waals surface area contributed by atoms with Crippen LogP contribution in [0.25, 0.3) is 0 Å². The van der Waals surface area contributed by atoms with Crippen LogP contribution in [0.2, 0.25) is 0 Å². The first-order valence-electron chi connectivity index (χ1n) is 3.16.